The van der Waals surface area contributed by atoms with Gasteiger partial charge in [0.25, 0.3) is 0 Å². The fourth-order valence-electron chi connectivity index (χ4n) is 2.30. The SMILES string of the molecule is C=CCOC(=O)COc1ccc2c(c1)OC(=Cc1ccc(Cl)cc1)C2=O. The van der Waals surface area contributed by atoms with Crippen LogP contribution in [0.25, 0.3) is 6.08 Å². The molecule has 5 nitrogen and oxygen atoms in total. The second-order valence-corrected chi connectivity index (χ2v) is 5.85. The molecular weight excluding hydrogens is 356 g/mol. The number of rotatable bonds is 6. The number of Topliss-reactive ketones (excluding diaryl/α,β-unsaturated/α-hetero) is 1. The minimum atomic E-state index is -0.509. The predicted octanol–water partition coefficient (Wildman–Crippen LogP) is 4.06. The Morgan fingerprint density at radius 2 is 1.96 bits per heavy atom. The Morgan fingerprint density at radius 1 is 1.19 bits per heavy atom. The molecule has 0 saturated carbocycles. The highest BCUT2D eigenvalue weighted by Gasteiger charge is 2.27. The largest absolute Gasteiger partial charge is 0.482 e. The van der Waals surface area contributed by atoms with Crippen molar-refractivity contribution < 1.29 is 23.8 Å². The molecule has 0 aromatic heterocycles. The van der Waals surface area contributed by atoms with Crippen LogP contribution in [-0.4, -0.2) is 25.0 Å². The van der Waals surface area contributed by atoms with Gasteiger partial charge in [0, 0.05) is 11.1 Å². The van der Waals surface area contributed by atoms with Crippen LogP contribution in [0.2, 0.25) is 5.02 Å². The molecule has 0 aliphatic carbocycles. The molecule has 0 N–H and O–H groups in total. The highest BCUT2D eigenvalue weighted by atomic mass is 35.5. The van der Waals surface area contributed by atoms with Crippen LogP contribution in [0.5, 0.6) is 11.5 Å². The molecule has 0 radical (unpaired) electrons. The maximum atomic E-state index is 12.4. The van der Waals surface area contributed by atoms with Crippen LogP contribution in [-0.2, 0) is 9.53 Å². The Labute approximate surface area is 155 Å². The zero-order valence-corrected chi connectivity index (χ0v) is 14.5. The van der Waals surface area contributed by atoms with Crippen molar-refractivity contribution in [3.05, 3.63) is 77.0 Å². The van der Waals surface area contributed by atoms with Gasteiger partial charge in [-0.15, -0.1) is 0 Å². The van der Waals surface area contributed by atoms with Gasteiger partial charge in [-0.25, -0.2) is 4.79 Å². The number of hydrogen-bond acceptors (Lipinski definition) is 5. The normalized spacial score (nSPS) is 13.9. The minimum Gasteiger partial charge on any atom is -0.482 e. The summed E-state index contributed by atoms with van der Waals surface area (Å²) >= 11 is 5.86. The Balaban J connectivity index is 1.70. The fraction of sp³-hybridized carbons (Fsp3) is 0.100. The molecule has 0 bridgehead atoms. The van der Waals surface area contributed by atoms with Crippen LogP contribution in [0.15, 0.2) is 60.9 Å². The average molecular weight is 371 g/mol. The summed E-state index contributed by atoms with van der Waals surface area (Å²) < 4.78 is 15.8. The van der Waals surface area contributed by atoms with E-state index in [-0.39, 0.29) is 24.8 Å². The lowest BCUT2D eigenvalue weighted by Gasteiger charge is -2.06. The van der Waals surface area contributed by atoms with Gasteiger partial charge in [0.15, 0.2) is 12.4 Å². The summed E-state index contributed by atoms with van der Waals surface area (Å²) in [6, 6.07) is 11.8. The lowest BCUT2D eigenvalue weighted by atomic mass is 10.1. The first-order valence-corrected chi connectivity index (χ1v) is 8.18. The van der Waals surface area contributed by atoms with Crippen molar-refractivity contribution in [1.29, 1.82) is 0 Å². The molecule has 0 saturated heterocycles. The monoisotopic (exact) mass is 370 g/mol. The van der Waals surface area contributed by atoms with Crippen LogP contribution in [0.3, 0.4) is 0 Å². The highest BCUT2D eigenvalue weighted by molar-refractivity contribution is 6.30. The van der Waals surface area contributed by atoms with Crippen molar-refractivity contribution in [2.45, 2.75) is 0 Å². The first kappa shape index (κ1) is 17.8. The van der Waals surface area contributed by atoms with Crippen LogP contribution < -0.4 is 9.47 Å². The number of ether oxygens (including phenoxy) is 3. The van der Waals surface area contributed by atoms with Gasteiger partial charge in [-0.05, 0) is 35.9 Å². The van der Waals surface area contributed by atoms with E-state index in [1.165, 1.54) is 6.08 Å². The zero-order chi connectivity index (χ0) is 18.5. The number of ketones is 1. The third-order valence-corrected chi connectivity index (χ3v) is 3.78. The number of allylic oxidation sites excluding steroid dienone is 1. The Bertz CT molecular complexity index is 884. The number of fused-ring (bicyclic) bond motifs is 1. The summed E-state index contributed by atoms with van der Waals surface area (Å²) in [5.74, 6) is 0.273. The Kier molecular flexibility index (Phi) is 5.39. The molecular formula is C20H15ClO5. The van der Waals surface area contributed by atoms with E-state index < -0.39 is 5.97 Å². The van der Waals surface area contributed by atoms with Gasteiger partial charge in [-0.2, -0.15) is 0 Å². The topological polar surface area (TPSA) is 61.8 Å². The van der Waals surface area contributed by atoms with Crippen molar-refractivity contribution in [2.75, 3.05) is 13.2 Å². The smallest absolute Gasteiger partial charge is 0.344 e. The van der Waals surface area contributed by atoms with Gasteiger partial charge in [0.1, 0.15) is 18.1 Å². The fourth-order valence-corrected chi connectivity index (χ4v) is 2.43. The summed E-state index contributed by atoms with van der Waals surface area (Å²) in [6.45, 7) is 3.35. The molecule has 0 amide bonds. The van der Waals surface area contributed by atoms with E-state index >= 15 is 0 Å². The molecule has 0 spiro atoms. The van der Waals surface area contributed by atoms with E-state index in [1.807, 2.05) is 0 Å². The average Bonchev–Trinajstić information content (AvgIpc) is 2.95. The molecule has 3 rings (SSSR count). The maximum Gasteiger partial charge on any atom is 0.344 e. The molecule has 0 fully saturated rings. The van der Waals surface area contributed by atoms with Gasteiger partial charge in [-0.3, -0.25) is 4.79 Å². The third kappa shape index (κ3) is 4.13. The van der Waals surface area contributed by atoms with Crippen molar-refractivity contribution in [1.82, 2.24) is 0 Å². The summed E-state index contributed by atoms with van der Waals surface area (Å²) in [5, 5.41) is 0.613. The predicted molar refractivity (Wildman–Crippen MR) is 97.5 cm³/mol. The van der Waals surface area contributed by atoms with Gasteiger partial charge in [-0.1, -0.05) is 36.4 Å². The summed E-state index contributed by atoms with van der Waals surface area (Å²) in [6.07, 6.45) is 3.12. The van der Waals surface area contributed by atoms with Crippen molar-refractivity contribution >= 4 is 29.4 Å². The van der Waals surface area contributed by atoms with Gasteiger partial charge in [0.2, 0.25) is 5.78 Å². The van der Waals surface area contributed by atoms with E-state index in [9.17, 15) is 9.59 Å². The Hall–Kier alpha value is -3.05. The van der Waals surface area contributed by atoms with Gasteiger partial charge < -0.3 is 14.2 Å². The lowest BCUT2D eigenvalue weighted by molar-refractivity contribution is -0.144. The molecule has 1 aliphatic heterocycles. The van der Waals surface area contributed by atoms with E-state index in [0.717, 1.165) is 5.56 Å². The van der Waals surface area contributed by atoms with Crippen molar-refractivity contribution in [3.63, 3.8) is 0 Å². The lowest BCUT2D eigenvalue weighted by Crippen LogP contribution is -2.14. The quantitative estimate of drug-likeness (QED) is 0.436. The number of hydrogen-bond donors (Lipinski definition) is 0. The molecule has 0 atom stereocenters. The molecule has 132 valence electrons. The third-order valence-electron chi connectivity index (χ3n) is 3.53. The molecule has 2 aromatic carbocycles. The summed E-state index contributed by atoms with van der Waals surface area (Å²) in [7, 11) is 0. The molecule has 1 aliphatic rings. The molecule has 0 unspecified atom stereocenters. The van der Waals surface area contributed by atoms with E-state index in [4.69, 9.17) is 25.8 Å². The first-order valence-electron chi connectivity index (χ1n) is 7.80. The molecule has 2 aromatic rings. The number of halogens is 1. The molecule has 26 heavy (non-hydrogen) atoms. The van der Waals surface area contributed by atoms with E-state index in [1.54, 1.807) is 48.5 Å². The summed E-state index contributed by atoms with van der Waals surface area (Å²) in [5.41, 5.74) is 1.23. The number of benzene rings is 2. The van der Waals surface area contributed by atoms with Crippen LogP contribution in [0.1, 0.15) is 15.9 Å². The first-order chi connectivity index (χ1) is 12.6. The van der Waals surface area contributed by atoms with Gasteiger partial charge in [0.05, 0.1) is 5.56 Å². The minimum absolute atomic E-state index is 0.128. The maximum absolute atomic E-state index is 12.4. The van der Waals surface area contributed by atoms with Crippen LogP contribution in [0, 0.1) is 0 Å². The standard InChI is InChI=1S/C20H15ClO5/c1-2-9-24-19(22)12-25-15-7-8-16-17(11-15)26-18(20(16)23)10-13-3-5-14(21)6-4-13/h2-8,10-11H,1,9,12H2. The number of esters is 1. The Morgan fingerprint density at radius 3 is 2.69 bits per heavy atom. The van der Waals surface area contributed by atoms with Crippen molar-refractivity contribution in [2.24, 2.45) is 0 Å². The highest BCUT2D eigenvalue weighted by Crippen LogP contribution is 2.34. The number of carbonyl (C=O) groups excluding carboxylic acids is 2. The zero-order valence-electron chi connectivity index (χ0n) is 13.7. The second-order valence-electron chi connectivity index (χ2n) is 5.41. The van der Waals surface area contributed by atoms with Crippen LogP contribution in [0.4, 0.5) is 0 Å². The van der Waals surface area contributed by atoms with Gasteiger partial charge >= 0.3 is 5.97 Å². The molecule has 1 heterocycles. The van der Waals surface area contributed by atoms with E-state index in [2.05, 4.69) is 6.58 Å². The van der Waals surface area contributed by atoms with Crippen molar-refractivity contribution in [3.8, 4) is 11.5 Å². The summed E-state index contributed by atoms with van der Waals surface area (Å²) in [4.78, 5) is 23.9. The number of carbonyl (C=O) groups is 2. The molecule has 6 heteroatoms. The van der Waals surface area contributed by atoms with E-state index in [0.29, 0.717) is 22.1 Å². The van der Waals surface area contributed by atoms with Crippen LogP contribution >= 0.6 is 11.6 Å². The second kappa shape index (κ2) is 7.89.